The summed E-state index contributed by atoms with van der Waals surface area (Å²) in [5.74, 6) is 0. The van der Waals surface area contributed by atoms with Crippen LogP contribution in [0.25, 0.3) is 0 Å². The van der Waals surface area contributed by atoms with E-state index in [4.69, 9.17) is 4.74 Å². The highest BCUT2D eigenvalue weighted by Crippen LogP contribution is 1.96. The van der Waals surface area contributed by atoms with Crippen molar-refractivity contribution in [3.05, 3.63) is 24.3 Å². The van der Waals surface area contributed by atoms with E-state index in [0.29, 0.717) is 6.61 Å². The molecule has 0 atom stereocenters. The molecule has 1 nitrogen and oxygen atoms in total. The largest absolute Gasteiger partial charge is 0.377 e. The van der Waals surface area contributed by atoms with Gasteiger partial charge in [0.2, 0.25) is 0 Å². The average molecular weight is 142 g/mol. The molecule has 60 valence electrons. The maximum atomic E-state index is 5.25. The summed E-state index contributed by atoms with van der Waals surface area (Å²) in [6.07, 6.45) is 0.952. The van der Waals surface area contributed by atoms with Crippen LogP contribution < -0.4 is 0 Å². The molecule has 0 aliphatic heterocycles. The fourth-order valence-electron chi connectivity index (χ4n) is 0.493. The van der Waals surface area contributed by atoms with Gasteiger partial charge >= 0.3 is 0 Å². The number of hydrogen-bond acceptors (Lipinski definition) is 1. The second-order valence-corrected chi connectivity index (χ2v) is 2.72. The molecule has 0 bridgehead atoms. The number of hydrogen-bond donors (Lipinski definition) is 0. The Balaban J connectivity index is 0. The highest BCUT2D eigenvalue weighted by Gasteiger charge is 1.88. The quantitative estimate of drug-likeness (QED) is 0.423. The van der Waals surface area contributed by atoms with Crippen LogP contribution in [0.3, 0.4) is 0 Å². The highest BCUT2D eigenvalue weighted by atomic mass is 16.5. The fourth-order valence-corrected chi connectivity index (χ4v) is 0.493. The summed E-state index contributed by atoms with van der Waals surface area (Å²) < 4.78 is 5.25. The Morgan fingerprint density at radius 3 is 2.30 bits per heavy atom. The Bertz CT molecular complexity index is 114. The van der Waals surface area contributed by atoms with Crippen LogP contribution in [-0.2, 0) is 4.74 Å². The van der Waals surface area contributed by atoms with E-state index in [1.54, 1.807) is 0 Å². The lowest BCUT2D eigenvalue weighted by Gasteiger charge is -2.01. The summed E-state index contributed by atoms with van der Waals surface area (Å²) in [6.45, 7) is 12.9. The molecule has 0 saturated heterocycles. The van der Waals surface area contributed by atoms with E-state index in [0.717, 1.165) is 18.6 Å². The first-order chi connectivity index (χ1) is 4.63. The SMILES string of the molecule is C=C(C)CCOCC(=C)C.[HH]. The van der Waals surface area contributed by atoms with Crippen LogP contribution in [-0.4, -0.2) is 13.2 Å². The van der Waals surface area contributed by atoms with E-state index in [2.05, 4.69) is 13.2 Å². The Hall–Kier alpha value is -0.560. The highest BCUT2D eigenvalue weighted by molar-refractivity contribution is 4.89. The van der Waals surface area contributed by atoms with E-state index in [-0.39, 0.29) is 1.43 Å². The molecule has 0 spiro atoms. The van der Waals surface area contributed by atoms with Gasteiger partial charge in [-0.1, -0.05) is 17.7 Å². The first kappa shape index (κ1) is 9.44. The summed E-state index contributed by atoms with van der Waals surface area (Å²) in [4.78, 5) is 0. The molecule has 0 unspecified atom stereocenters. The van der Waals surface area contributed by atoms with Crippen LogP contribution in [0, 0.1) is 0 Å². The summed E-state index contributed by atoms with van der Waals surface area (Å²) in [6, 6.07) is 0. The molecule has 0 radical (unpaired) electrons. The number of rotatable bonds is 5. The molecule has 10 heavy (non-hydrogen) atoms. The third-order valence-corrected chi connectivity index (χ3v) is 1.02. The van der Waals surface area contributed by atoms with Gasteiger partial charge in [-0.15, -0.1) is 6.58 Å². The van der Waals surface area contributed by atoms with Crippen LogP contribution in [0.4, 0.5) is 0 Å². The van der Waals surface area contributed by atoms with E-state index in [1.807, 2.05) is 13.8 Å². The van der Waals surface area contributed by atoms with Gasteiger partial charge in [-0.25, -0.2) is 0 Å². The van der Waals surface area contributed by atoms with Gasteiger partial charge in [0.1, 0.15) is 0 Å². The average Bonchev–Trinajstić information content (AvgIpc) is 1.79. The van der Waals surface area contributed by atoms with Crippen molar-refractivity contribution in [1.29, 1.82) is 0 Å². The maximum Gasteiger partial charge on any atom is 0.0671 e. The molecule has 1 heteroatoms. The Morgan fingerprint density at radius 2 is 1.90 bits per heavy atom. The third kappa shape index (κ3) is 7.44. The monoisotopic (exact) mass is 142 g/mol. The van der Waals surface area contributed by atoms with Gasteiger partial charge in [0.25, 0.3) is 0 Å². The predicted molar refractivity (Wildman–Crippen MR) is 47.2 cm³/mol. The lowest BCUT2D eigenvalue weighted by atomic mass is 10.3. The van der Waals surface area contributed by atoms with Crippen molar-refractivity contribution in [3.8, 4) is 0 Å². The molecular formula is C9H18O. The van der Waals surface area contributed by atoms with Gasteiger partial charge in [-0.3, -0.25) is 0 Å². The normalized spacial score (nSPS) is 9.40. The van der Waals surface area contributed by atoms with Gasteiger partial charge < -0.3 is 4.74 Å². The van der Waals surface area contributed by atoms with Crippen molar-refractivity contribution in [2.75, 3.05) is 13.2 Å². The van der Waals surface area contributed by atoms with E-state index >= 15 is 0 Å². The van der Waals surface area contributed by atoms with Gasteiger partial charge in [0.15, 0.2) is 0 Å². The summed E-state index contributed by atoms with van der Waals surface area (Å²) in [5, 5.41) is 0. The minimum Gasteiger partial charge on any atom is -0.377 e. The van der Waals surface area contributed by atoms with Crippen molar-refractivity contribution < 1.29 is 6.16 Å². The van der Waals surface area contributed by atoms with Crippen molar-refractivity contribution in [2.24, 2.45) is 0 Å². The molecule has 0 saturated carbocycles. The smallest absolute Gasteiger partial charge is 0.0671 e. The lowest BCUT2D eigenvalue weighted by Crippen LogP contribution is -1.97. The minimum atomic E-state index is 0. The van der Waals surface area contributed by atoms with E-state index in [1.165, 1.54) is 5.57 Å². The predicted octanol–water partition coefficient (Wildman–Crippen LogP) is 2.79. The molecule has 0 heterocycles. The van der Waals surface area contributed by atoms with Crippen LogP contribution in [0.1, 0.15) is 21.7 Å². The van der Waals surface area contributed by atoms with Crippen LogP contribution >= 0.6 is 0 Å². The van der Waals surface area contributed by atoms with Gasteiger partial charge in [0, 0.05) is 1.43 Å². The first-order valence-electron chi connectivity index (χ1n) is 3.49. The molecule has 0 aliphatic carbocycles. The zero-order chi connectivity index (χ0) is 7.98. The molecule has 0 aromatic rings. The Labute approximate surface area is 64.9 Å². The van der Waals surface area contributed by atoms with Crippen molar-refractivity contribution >= 4 is 0 Å². The maximum absolute atomic E-state index is 5.25. The lowest BCUT2D eigenvalue weighted by molar-refractivity contribution is 0.160. The van der Waals surface area contributed by atoms with E-state index < -0.39 is 0 Å². The van der Waals surface area contributed by atoms with Crippen LogP contribution in [0.5, 0.6) is 0 Å². The molecule has 0 fully saturated rings. The fraction of sp³-hybridized carbons (Fsp3) is 0.556. The molecule has 0 aromatic carbocycles. The zero-order valence-corrected chi connectivity index (χ0v) is 6.94. The molecule has 0 aromatic heterocycles. The van der Waals surface area contributed by atoms with Crippen molar-refractivity contribution in [3.63, 3.8) is 0 Å². The Morgan fingerprint density at radius 1 is 1.30 bits per heavy atom. The van der Waals surface area contributed by atoms with Crippen molar-refractivity contribution in [2.45, 2.75) is 20.3 Å². The Kier molecular flexibility index (Phi) is 4.95. The first-order valence-corrected chi connectivity index (χ1v) is 3.49. The summed E-state index contributed by atoms with van der Waals surface area (Å²) in [5.41, 5.74) is 2.24. The third-order valence-electron chi connectivity index (χ3n) is 1.02. The molecular weight excluding hydrogens is 124 g/mol. The number of ether oxygens (including phenoxy) is 1. The van der Waals surface area contributed by atoms with Crippen molar-refractivity contribution in [1.82, 2.24) is 0 Å². The van der Waals surface area contributed by atoms with Crippen LogP contribution in [0.15, 0.2) is 24.3 Å². The topological polar surface area (TPSA) is 9.23 Å². The second-order valence-electron chi connectivity index (χ2n) is 2.72. The molecule has 0 aliphatic rings. The molecule has 0 amide bonds. The minimum absolute atomic E-state index is 0. The second kappa shape index (κ2) is 5.24. The molecule has 0 rings (SSSR count). The summed E-state index contributed by atoms with van der Waals surface area (Å²) in [7, 11) is 0. The van der Waals surface area contributed by atoms with Gasteiger partial charge in [-0.2, -0.15) is 0 Å². The van der Waals surface area contributed by atoms with Gasteiger partial charge in [-0.05, 0) is 20.3 Å². The zero-order valence-electron chi connectivity index (χ0n) is 6.94. The van der Waals surface area contributed by atoms with Gasteiger partial charge in [0.05, 0.1) is 13.2 Å². The molecule has 0 N–H and O–H groups in total. The standard InChI is InChI=1S/C9H16O.H2/c1-8(2)5-6-10-7-9(3)4;/h1,3,5-7H2,2,4H3;1H. The summed E-state index contributed by atoms with van der Waals surface area (Å²) >= 11 is 0. The van der Waals surface area contributed by atoms with Crippen LogP contribution in [0.2, 0.25) is 0 Å². The van der Waals surface area contributed by atoms with E-state index in [9.17, 15) is 0 Å².